The number of halogens is 3. The molecule has 2 N–H and O–H groups in total. The highest BCUT2D eigenvalue weighted by Gasteiger charge is 2.35. The van der Waals surface area contributed by atoms with Crippen LogP contribution in [0.4, 0.5) is 19.0 Å². The third-order valence-corrected chi connectivity index (χ3v) is 5.19. The number of aromatic nitrogens is 3. The van der Waals surface area contributed by atoms with E-state index in [1.807, 2.05) is 0 Å². The van der Waals surface area contributed by atoms with Crippen molar-refractivity contribution in [3.8, 4) is 0 Å². The monoisotopic (exact) mass is 447 g/mol. The maximum absolute atomic E-state index is 13.4. The van der Waals surface area contributed by atoms with Gasteiger partial charge in [-0.3, -0.25) is 4.79 Å². The Hall–Kier alpha value is -3.31. The van der Waals surface area contributed by atoms with Crippen LogP contribution in [-0.2, 0) is 28.9 Å². The molecule has 1 saturated heterocycles. The lowest BCUT2D eigenvalue weighted by atomic mass is 10.1. The average molecular weight is 447 g/mol. The Morgan fingerprint density at radius 3 is 2.69 bits per heavy atom. The molecule has 8 nitrogen and oxygen atoms in total. The van der Waals surface area contributed by atoms with Crippen LogP contribution < -0.4 is 5.73 Å². The van der Waals surface area contributed by atoms with Crippen LogP contribution in [0.5, 0.6) is 0 Å². The summed E-state index contributed by atoms with van der Waals surface area (Å²) in [6.45, 7) is 1.35. The zero-order chi connectivity index (χ0) is 22.7. The second-order valence-electron chi connectivity index (χ2n) is 7.24. The number of hydrogen-bond acceptors (Lipinski definition) is 7. The summed E-state index contributed by atoms with van der Waals surface area (Å²) >= 11 is 0. The second-order valence-corrected chi connectivity index (χ2v) is 7.24. The molecular weight excluding hydrogens is 427 g/mol. The Labute approximate surface area is 181 Å². The molecule has 1 atom stereocenters. The molecule has 32 heavy (non-hydrogen) atoms. The molecule has 1 amide bonds. The van der Waals surface area contributed by atoms with Crippen molar-refractivity contribution < 1.29 is 27.4 Å². The van der Waals surface area contributed by atoms with Gasteiger partial charge in [-0.05, 0) is 35.9 Å². The van der Waals surface area contributed by atoms with E-state index in [-0.39, 0.29) is 24.8 Å². The average Bonchev–Trinajstić information content (AvgIpc) is 3.26. The molecule has 0 bridgehead atoms. The van der Waals surface area contributed by atoms with Crippen molar-refractivity contribution in [3.05, 3.63) is 70.7 Å². The molecule has 4 rings (SSSR count). The third kappa shape index (κ3) is 4.63. The van der Waals surface area contributed by atoms with Gasteiger partial charge in [0, 0.05) is 23.9 Å². The predicted molar refractivity (Wildman–Crippen MR) is 106 cm³/mol. The van der Waals surface area contributed by atoms with Crippen molar-refractivity contribution in [1.29, 1.82) is 0 Å². The number of nitrogens with zero attached hydrogens (tertiary/aromatic N) is 4. The Morgan fingerprint density at radius 2 is 1.94 bits per heavy atom. The van der Waals surface area contributed by atoms with Crippen LogP contribution in [0, 0.1) is 0 Å². The standard InChI is InChI=1S/C21H20F3N5O3/c22-21(23,24)18-6-5-16(27-28-18)17-12-31-9-8-29(17)20(30)13-2-1-7-26-19(25)15-11-32-10-14(15)4-3-13/h1-7,17H,8-12H2,(H2,25,26)/t17-/m1/s1. The molecule has 11 heteroatoms. The number of nitrogens with two attached hydrogens (primary N) is 1. The molecule has 0 aliphatic carbocycles. The van der Waals surface area contributed by atoms with Crippen molar-refractivity contribution in [2.24, 2.45) is 0 Å². The summed E-state index contributed by atoms with van der Waals surface area (Å²) in [6.07, 6.45) is -3.10. The minimum atomic E-state index is -4.59. The van der Waals surface area contributed by atoms with E-state index in [2.05, 4.69) is 15.2 Å². The van der Waals surface area contributed by atoms with Gasteiger partial charge in [0.05, 0.1) is 38.2 Å². The third-order valence-electron chi connectivity index (χ3n) is 5.19. The topological polar surface area (TPSA) is 103 Å². The van der Waals surface area contributed by atoms with E-state index in [0.29, 0.717) is 31.2 Å². The first kappa shape index (κ1) is 21.9. The van der Waals surface area contributed by atoms with Crippen molar-refractivity contribution in [2.45, 2.75) is 25.4 Å². The maximum Gasteiger partial charge on any atom is 0.435 e. The Bertz CT molecular complexity index is 1060. The Morgan fingerprint density at radius 1 is 1.09 bits per heavy atom. The van der Waals surface area contributed by atoms with Crippen molar-refractivity contribution >= 4 is 11.7 Å². The number of morpholine rings is 1. The van der Waals surface area contributed by atoms with Gasteiger partial charge in [-0.25, -0.2) is 4.98 Å². The molecular formula is C21H20F3N5O3. The highest BCUT2D eigenvalue weighted by Crippen LogP contribution is 2.29. The van der Waals surface area contributed by atoms with Crippen LogP contribution in [0.2, 0.25) is 0 Å². The molecule has 168 valence electrons. The van der Waals surface area contributed by atoms with E-state index in [0.717, 1.165) is 17.2 Å². The number of carbonyl (C=O) groups excluding carboxylic acids is 1. The van der Waals surface area contributed by atoms with Gasteiger partial charge < -0.3 is 20.1 Å². The Balaban J connectivity index is 1.67. The van der Waals surface area contributed by atoms with Crippen LogP contribution in [-0.4, -0.2) is 45.7 Å². The van der Waals surface area contributed by atoms with E-state index in [1.54, 1.807) is 24.3 Å². The summed E-state index contributed by atoms with van der Waals surface area (Å²) in [5.74, 6) is 0.0372. The lowest BCUT2D eigenvalue weighted by Crippen LogP contribution is -2.43. The van der Waals surface area contributed by atoms with Gasteiger partial charge >= 0.3 is 6.18 Å². The fourth-order valence-corrected chi connectivity index (χ4v) is 3.50. The SMILES string of the molecule is Nc1ncccc(C(=O)N2CCOC[C@@H]2c2ccc(C(F)(F)F)nn2)ccc2c1COC2. The Kier molecular flexibility index (Phi) is 6.19. The fourth-order valence-electron chi connectivity index (χ4n) is 3.50. The van der Waals surface area contributed by atoms with E-state index in [4.69, 9.17) is 15.2 Å². The first-order valence-corrected chi connectivity index (χ1v) is 9.82. The molecule has 0 saturated carbocycles. The number of hydrogen-bond donors (Lipinski definition) is 1. The van der Waals surface area contributed by atoms with Gasteiger partial charge in [-0.1, -0.05) is 6.07 Å². The van der Waals surface area contributed by atoms with Crippen LogP contribution >= 0.6 is 0 Å². The lowest BCUT2D eigenvalue weighted by molar-refractivity contribution is -0.141. The minimum absolute atomic E-state index is 0.0998. The summed E-state index contributed by atoms with van der Waals surface area (Å²) in [6, 6.07) is 8.03. The molecule has 0 unspecified atom stereocenters. The van der Waals surface area contributed by atoms with Gasteiger partial charge in [-0.15, -0.1) is 5.10 Å². The number of anilines is 1. The van der Waals surface area contributed by atoms with Gasteiger partial charge in [0.15, 0.2) is 5.69 Å². The van der Waals surface area contributed by atoms with E-state index < -0.39 is 17.9 Å². The zero-order valence-corrected chi connectivity index (χ0v) is 16.9. The summed E-state index contributed by atoms with van der Waals surface area (Å²) in [4.78, 5) is 19.1. The number of rotatable bonds is 2. The van der Waals surface area contributed by atoms with Gasteiger partial charge in [0.1, 0.15) is 5.82 Å². The van der Waals surface area contributed by atoms with Crippen molar-refractivity contribution in [3.63, 3.8) is 0 Å². The lowest BCUT2D eigenvalue weighted by Gasteiger charge is -2.35. The second kappa shape index (κ2) is 9.05. The molecule has 2 aliphatic heterocycles. The summed E-state index contributed by atoms with van der Waals surface area (Å²) in [5.41, 5.74) is 7.06. The number of ether oxygens (including phenoxy) is 2. The molecule has 0 radical (unpaired) electrons. The van der Waals surface area contributed by atoms with Gasteiger partial charge in [0.2, 0.25) is 0 Å². The highest BCUT2D eigenvalue weighted by atomic mass is 19.4. The van der Waals surface area contributed by atoms with E-state index in [1.165, 1.54) is 17.2 Å². The van der Waals surface area contributed by atoms with Crippen molar-refractivity contribution in [2.75, 3.05) is 25.5 Å². The molecule has 0 aromatic carbocycles. The van der Waals surface area contributed by atoms with Crippen LogP contribution in [0.3, 0.4) is 0 Å². The first-order valence-electron chi connectivity index (χ1n) is 9.82. The summed E-state index contributed by atoms with van der Waals surface area (Å²) in [5, 5.41) is 6.98. The summed E-state index contributed by atoms with van der Waals surface area (Å²) < 4.78 is 49.4. The number of fused-ring (bicyclic) bond motifs is 1. The van der Waals surface area contributed by atoms with Crippen LogP contribution in [0.15, 0.2) is 42.6 Å². The number of carbonyl (C=O) groups is 1. The van der Waals surface area contributed by atoms with Crippen LogP contribution in [0.25, 0.3) is 0 Å². The molecule has 1 fully saturated rings. The highest BCUT2D eigenvalue weighted by molar-refractivity contribution is 5.94. The molecule has 4 heterocycles. The van der Waals surface area contributed by atoms with Crippen molar-refractivity contribution in [1.82, 2.24) is 20.1 Å². The number of nitrogen functional groups attached to an aromatic ring is 1. The maximum atomic E-state index is 13.4. The molecule has 2 aromatic rings. The minimum Gasteiger partial charge on any atom is -0.383 e. The van der Waals surface area contributed by atoms with Gasteiger partial charge in [-0.2, -0.15) is 18.3 Å². The molecule has 0 spiro atoms. The van der Waals surface area contributed by atoms with Crippen LogP contribution in [0.1, 0.15) is 38.9 Å². The van der Waals surface area contributed by atoms with Gasteiger partial charge in [0.25, 0.3) is 5.91 Å². The fraction of sp³-hybridized carbons (Fsp3) is 0.333. The van der Waals surface area contributed by atoms with E-state index >= 15 is 0 Å². The number of amides is 1. The summed E-state index contributed by atoms with van der Waals surface area (Å²) in [7, 11) is 0. The quantitative estimate of drug-likeness (QED) is 0.755. The largest absolute Gasteiger partial charge is 0.435 e. The molecule has 2 aliphatic rings. The first-order chi connectivity index (χ1) is 15.3. The predicted octanol–water partition coefficient (Wildman–Crippen LogP) is 2.84. The smallest absolute Gasteiger partial charge is 0.383 e. The number of alkyl halides is 3. The van der Waals surface area contributed by atoms with E-state index in [9.17, 15) is 18.0 Å². The zero-order valence-electron chi connectivity index (χ0n) is 16.9. The molecule has 2 aromatic heterocycles. The normalized spacial score (nSPS) is 18.1.